The lowest BCUT2D eigenvalue weighted by Gasteiger charge is -2.03. The van der Waals surface area contributed by atoms with Gasteiger partial charge in [-0.3, -0.25) is 9.59 Å². The van der Waals surface area contributed by atoms with Gasteiger partial charge >= 0.3 is 5.97 Å². The Kier molecular flexibility index (Phi) is 7.26. The first-order valence-corrected chi connectivity index (χ1v) is 7.60. The summed E-state index contributed by atoms with van der Waals surface area (Å²) in [4.78, 5) is 23.3. The van der Waals surface area contributed by atoms with Crippen LogP contribution in [0.5, 0.6) is 0 Å². The standard InChI is InChI=1S/C15H20O3S/c1-2-3-4-11-19-13-7-5-12(6-8-13)14(16)9-10-15(17)18/h5-8H,2-4,9-11H2,1H3,(H,17,18). The highest BCUT2D eigenvalue weighted by molar-refractivity contribution is 7.99. The van der Waals surface area contributed by atoms with Gasteiger partial charge in [0.25, 0.3) is 0 Å². The molecule has 0 amide bonds. The quantitative estimate of drug-likeness (QED) is 0.422. The third-order valence-electron chi connectivity index (χ3n) is 2.76. The Hall–Kier alpha value is -1.29. The molecular weight excluding hydrogens is 260 g/mol. The molecule has 0 spiro atoms. The van der Waals surface area contributed by atoms with Crippen molar-refractivity contribution in [2.24, 2.45) is 0 Å². The third-order valence-corrected chi connectivity index (χ3v) is 3.86. The number of thioether (sulfide) groups is 1. The van der Waals surface area contributed by atoms with Gasteiger partial charge in [-0.15, -0.1) is 11.8 Å². The summed E-state index contributed by atoms with van der Waals surface area (Å²) in [6, 6.07) is 7.44. The monoisotopic (exact) mass is 280 g/mol. The second-order valence-electron chi connectivity index (χ2n) is 4.40. The van der Waals surface area contributed by atoms with Crippen LogP contribution in [0.15, 0.2) is 29.2 Å². The van der Waals surface area contributed by atoms with Gasteiger partial charge in [-0.2, -0.15) is 0 Å². The Bertz CT molecular complexity index is 412. The maximum atomic E-state index is 11.7. The zero-order chi connectivity index (χ0) is 14.1. The topological polar surface area (TPSA) is 54.4 Å². The summed E-state index contributed by atoms with van der Waals surface area (Å²) < 4.78 is 0. The minimum atomic E-state index is -0.934. The Morgan fingerprint density at radius 1 is 1.11 bits per heavy atom. The van der Waals surface area contributed by atoms with Crippen molar-refractivity contribution in [3.63, 3.8) is 0 Å². The first-order valence-electron chi connectivity index (χ1n) is 6.61. The van der Waals surface area contributed by atoms with E-state index in [0.29, 0.717) is 5.56 Å². The normalized spacial score (nSPS) is 10.4. The molecule has 0 aliphatic carbocycles. The van der Waals surface area contributed by atoms with E-state index in [2.05, 4.69) is 6.92 Å². The molecule has 0 saturated carbocycles. The van der Waals surface area contributed by atoms with Gasteiger partial charge < -0.3 is 5.11 Å². The van der Waals surface area contributed by atoms with Gasteiger partial charge in [-0.1, -0.05) is 31.9 Å². The second kappa shape index (κ2) is 8.75. The third kappa shape index (κ3) is 6.43. The molecule has 1 aromatic rings. The zero-order valence-electron chi connectivity index (χ0n) is 11.2. The molecule has 0 atom stereocenters. The molecule has 1 N–H and O–H groups in total. The smallest absolute Gasteiger partial charge is 0.303 e. The number of carbonyl (C=O) groups excluding carboxylic acids is 1. The lowest BCUT2D eigenvalue weighted by molar-refractivity contribution is -0.136. The summed E-state index contributed by atoms with van der Waals surface area (Å²) in [6.07, 6.45) is 3.64. The molecule has 1 rings (SSSR count). The van der Waals surface area contributed by atoms with Crippen LogP contribution in [0, 0.1) is 0 Å². The lowest BCUT2D eigenvalue weighted by atomic mass is 10.1. The van der Waals surface area contributed by atoms with Crippen molar-refractivity contribution in [2.75, 3.05) is 5.75 Å². The number of carboxylic acid groups (broad SMARTS) is 1. The number of carbonyl (C=O) groups is 2. The number of aliphatic carboxylic acids is 1. The predicted octanol–water partition coefficient (Wildman–Crippen LogP) is 4.02. The molecule has 4 heteroatoms. The summed E-state index contributed by atoms with van der Waals surface area (Å²) in [5.41, 5.74) is 0.596. The van der Waals surface area contributed by atoms with Crippen LogP contribution in [-0.2, 0) is 4.79 Å². The number of unbranched alkanes of at least 4 members (excludes halogenated alkanes) is 2. The second-order valence-corrected chi connectivity index (χ2v) is 5.57. The fraction of sp³-hybridized carbons (Fsp3) is 0.467. The zero-order valence-corrected chi connectivity index (χ0v) is 12.0. The average Bonchev–Trinajstić information content (AvgIpc) is 2.41. The number of benzene rings is 1. The number of rotatable bonds is 9. The van der Waals surface area contributed by atoms with Crippen LogP contribution in [-0.4, -0.2) is 22.6 Å². The van der Waals surface area contributed by atoms with Gasteiger partial charge in [-0.25, -0.2) is 0 Å². The first kappa shape index (κ1) is 15.8. The molecule has 0 saturated heterocycles. The molecule has 19 heavy (non-hydrogen) atoms. The summed E-state index contributed by atoms with van der Waals surface area (Å²) >= 11 is 1.79. The Morgan fingerprint density at radius 2 is 1.79 bits per heavy atom. The van der Waals surface area contributed by atoms with Gasteiger partial charge in [0.05, 0.1) is 6.42 Å². The lowest BCUT2D eigenvalue weighted by Crippen LogP contribution is -2.03. The van der Waals surface area contributed by atoms with Gasteiger partial charge in [0.15, 0.2) is 5.78 Å². The molecule has 1 aromatic carbocycles. The molecule has 3 nitrogen and oxygen atoms in total. The Morgan fingerprint density at radius 3 is 2.37 bits per heavy atom. The van der Waals surface area contributed by atoms with Crippen molar-refractivity contribution in [1.29, 1.82) is 0 Å². The van der Waals surface area contributed by atoms with Crippen LogP contribution < -0.4 is 0 Å². The summed E-state index contributed by atoms with van der Waals surface area (Å²) in [6.45, 7) is 2.18. The summed E-state index contributed by atoms with van der Waals surface area (Å²) in [5.74, 6) is 0.0570. The molecule has 0 aliphatic heterocycles. The highest BCUT2D eigenvalue weighted by Gasteiger charge is 2.08. The van der Waals surface area contributed by atoms with Crippen LogP contribution in [0.1, 0.15) is 49.4 Å². The van der Waals surface area contributed by atoms with Gasteiger partial charge in [0.2, 0.25) is 0 Å². The van der Waals surface area contributed by atoms with E-state index >= 15 is 0 Å². The van der Waals surface area contributed by atoms with Crippen molar-refractivity contribution in [3.05, 3.63) is 29.8 Å². The van der Waals surface area contributed by atoms with Crippen LogP contribution in [0.4, 0.5) is 0 Å². The SMILES string of the molecule is CCCCCSc1ccc(C(=O)CCC(=O)O)cc1. The van der Waals surface area contributed by atoms with Gasteiger partial charge in [-0.05, 0) is 24.3 Å². The van der Waals surface area contributed by atoms with Crippen molar-refractivity contribution in [2.45, 2.75) is 43.9 Å². The van der Waals surface area contributed by atoms with E-state index in [0.717, 1.165) is 10.6 Å². The molecule has 104 valence electrons. The highest BCUT2D eigenvalue weighted by Crippen LogP contribution is 2.20. The van der Waals surface area contributed by atoms with Crippen LogP contribution >= 0.6 is 11.8 Å². The maximum Gasteiger partial charge on any atom is 0.303 e. The molecular formula is C15H20O3S. The predicted molar refractivity (Wildman–Crippen MR) is 77.9 cm³/mol. The number of hydrogen-bond acceptors (Lipinski definition) is 3. The largest absolute Gasteiger partial charge is 0.481 e. The van der Waals surface area contributed by atoms with E-state index in [-0.39, 0.29) is 18.6 Å². The van der Waals surface area contributed by atoms with E-state index < -0.39 is 5.97 Å². The number of ketones is 1. The highest BCUT2D eigenvalue weighted by atomic mass is 32.2. The van der Waals surface area contributed by atoms with E-state index in [1.807, 2.05) is 12.1 Å². The Balaban J connectivity index is 2.42. The Labute approximate surface area is 118 Å². The molecule has 0 unspecified atom stereocenters. The number of carboxylic acids is 1. The van der Waals surface area contributed by atoms with Gasteiger partial charge in [0, 0.05) is 16.9 Å². The van der Waals surface area contributed by atoms with E-state index in [1.165, 1.54) is 19.3 Å². The van der Waals surface area contributed by atoms with Crippen molar-refractivity contribution < 1.29 is 14.7 Å². The average molecular weight is 280 g/mol. The molecule has 0 heterocycles. The van der Waals surface area contributed by atoms with E-state index in [9.17, 15) is 9.59 Å². The van der Waals surface area contributed by atoms with Crippen molar-refractivity contribution in [1.82, 2.24) is 0 Å². The van der Waals surface area contributed by atoms with Crippen molar-refractivity contribution in [3.8, 4) is 0 Å². The molecule has 0 radical (unpaired) electrons. The van der Waals surface area contributed by atoms with E-state index in [4.69, 9.17) is 5.11 Å². The molecule has 0 aliphatic rings. The molecule has 0 bridgehead atoms. The minimum Gasteiger partial charge on any atom is -0.481 e. The van der Waals surface area contributed by atoms with Crippen LogP contribution in [0.25, 0.3) is 0 Å². The maximum absolute atomic E-state index is 11.7. The van der Waals surface area contributed by atoms with Gasteiger partial charge in [0.1, 0.15) is 0 Å². The summed E-state index contributed by atoms with van der Waals surface area (Å²) in [7, 11) is 0. The fourth-order valence-corrected chi connectivity index (χ4v) is 2.56. The minimum absolute atomic E-state index is 0.0678. The molecule has 0 fully saturated rings. The van der Waals surface area contributed by atoms with Crippen LogP contribution in [0.3, 0.4) is 0 Å². The number of hydrogen-bond donors (Lipinski definition) is 1. The number of Topliss-reactive ketones (excluding diaryl/α,β-unsaturated/α-hetero) is 1. The van der Waals surface area contributed by atoms with E-state index in [1.54, 1.807) is 23.9 Å². The fourth-order valence-electron chi connectivity index (χ4n) is 1.64. The molecule has 0 aromatic heterocycles. The summed E-state index contributed by atoms with van der Waals surface area (Å²) in [5, 5.41) is 8.54. The van der Waals surface area contributed by atoms with Crippen molar-refractivity contribution >= 4 is 23.5 Å². The van der Waals surface area contributed by atoms with Crippen LogP contribution in [0.2, 0.25) is 0 Å². The first-order chi connectivity index (χ1) is 9.13.